The van der Waals surface area contributed by atoms with Crippen molar-refractivity contribution in [1.29, 1.82) is 0 Å². The molecule has 4 nitrogen and oxygen atoms in total. The quantitative estimate of drug-likeness (QED) is 0.925. The first kappa shape index (κ1) is 14.8. The molecule has 2 fully saturated rings. The molecule has 1 aromatic heterocycles. The molecule has 1 atom stereocenters. The first-order valence-corrected chi connectivity index (χ1v) is 8.25. The number of rotatable bonds is 3. The number of piperidine rings is 1. The van der Waals surface area contributed by atoms with E-state index in [1.54, 1.807) is 0 Å². The fourth-order valence-electron chi connectivity index (χ4n) is 3.89. The molecule has 0 saturated carbocycles. The maximum absolute atomic E-state index is 11.0. The number of aromatic nitrogens is 1. The van der Waals surface area contributed by atoms with Gasteiger partial charge in [0.2, 0.25) is 0 Å². The van der Waals surface area contributed by atoms with Gasteiger partial charge in [-0.3, -0.25) is 4.98 Å². The second kappa shape index (κ2) is 5.93. The molecule has 21 heavy (non-hydrogen) atoms. The second-order valence-corrected chi connectivity index (χ2v) is 6.59. The van der Waals surface area contributed by atoms with Gasteiger partial charge in [-0.15, -0.1) is 0 Å². The highest BCUT2D eigenvalue weighted by Crippen LogP contribution is 2.35. The Morgan fingerprint density at radius 3 is 2.57 bits per heavy atom. The Morgan fingerprint density at radius 1 is 1.29 bits per heavy atom. The Kier molecular flexibility index (Phi) is 4.18. The summed E-state index contributed by atoms with van der Waals surface area (Å²) in [6.45, 7) is 5.10. The van der Waals surface area contributed by atoms with Crippen LogP contribution in [0.1, 0.15) is 38.3 Å². The summed E-state index contributed by atoms with van der Waals surface area (Å²) in [6.07, 6.45) is 7.03. The third-order valence-corrected chi connectivity index (χ3v) is 5.31. The largest absolute Gasteiger partial charge is 0.388 e. The highest BCUT2D eigenvalue weighted by Gasteiger charge is 2.43. The lowest BCUT2D eigenvalue weighted by Crippen LogP contribution is -2.55. The van der Waals surface area contributed by atoms with Crippen LogP contribution in [0.2, 0.25) is 0 Å². The molecule has 2 aliphatic heterocycles. The Bertz CT molecular complexity index is 465. The number of pyridine rings is 1. The van der Waals surface area contributed by atoms with E-state index in [9.17, 15) is 5.11 Å². The third-order valence-electron chi connectivity index (χ3n) is 5.31. The van der Waals surface area contributed by atoms with Crippen LogP contribution in [0.15, 0.2) is 18.3 Å². The van der Waals surface area contributed by atoms with E-state index in [4.69, 9.17) is 0 Å². The standard InChI is InChI=1S/C17H27N3O/c1-3-14-6-7-15(13-18-14)20-11-8-17(21,9-12-20)16-5-4-10-19(16)2/h6-7,13,16,21H,3-5,8-12H2,1-2H3/t16-/m1/s1. The van der Waals surface area contributed by atoms with E-state index >= 15 is 0 Å². The molecule has 0 unspecified atom stereocenters. The molecule has 4 heteroatoms. The van der Waals surface area contributed by atoms with Crippen molar-refractivity contribution in [1.82, 2.24) is 9.88 Å². The first-order valence-electron chi connectivity index (χ1n) is 8.25. The van der Waals surface area contributed by atoms with Crippen molar-refractivity contribution >= 4 is 5.69 Å². The molecule has 0 aromatic carbocycles. The summed E-state index contributed by atoms with van der Waals surface area (Å²) >= 11 is 0. The van der Waals surface area contributed by atoms with Crippen LogP contribution < -0.4 is 4.90 Å². The fourth-order valence-corrected chi connectivity index (χ4v) is 3.89. The maximum Gasteiger partial charge on any atom is 0.0835 e. The van der Waals surface area contributed by atoms with Crippen molar-refractivity contribution in [2.24, 2.45) is 0 Å². The van der Waals surface area contributed by atoms with Crippen molar-refractivity contribution in [3.63, 3.8) is 0 Å². The predicted molar refractivity (Wildman–Crippen MR) is 85.7 cm³/mol. The molecule has 1 aromatic rings. The predicted octanol–water partition coefficient (Wildman–Crippen LogP) is 2.07. The zero-order chi connectivity index (χ0) is 14.9. The minimum Gasteiger partial charge on any atom is -0.388 e. The Hall–Kier alpha value is -1.13. The molecule has 0 amide bonds. The van der Waals surface area contributed by atoms with Gasteiger partial charge in [0, 0.05) is 24.8 Å². The summed E-state index contributed by atoms with van der Waals surface area (Å²) in [5.41, 5.74) is 1.83. The lowest BCUT2D eigenvalue weighted by Gasteiger charge is -2.44. The average Bonchev–Trinajstić information content (AvgIpc) is 2.95. The molecule has 0 spiro atoms. The lowest BCUT2D eigenvalue weighted by atomic mass is 9.83. The monoisotopic (exact) mass is 289 g/mol. The topological polar surface area (TPSA) is 39.6 Å². The van der Waals surface area contributed by atoms with E-state index < -0.39 is 5.60 Å². The molecule has 0 aliphatic carbocycles. The van der Waals surface area contributed by atoms with Gasteiger partial charge in [-0.2, -0.15) is 0 Å². The van der Waals surface area contributed by atoms with Crippen molar-refractivity contribution < 1.29 is 5.11 Å². The Balaban J connectivity index is 1.64. The number of aryl methyl sites for hydroxylation is 1. The highest BCUT2D eigenvalue weighted by molar-refractivity contribution is 5.45. The summed E-state index contributed by atoms with van der Waals surface area (Å²) in [7, 11) is 2.15. The minimum atomic E-state index is -0.501. The van der Waals surface area contributed by atoms with E-state index in [0.717, 1.165) is 51.0 Å². The lowest BCUT2D eigenvalue weighted by molar-refractivity contribution is -0.0449. The summed E-state index contributed by atoms with van der Waals surface area (Å²) in [4.78, 5) is 9.18. The molecule has 2 aliphatic rings. The zero-order valence-corrected chi connectivity index (χ0v) is 13.3. The second-order valence-electron chi connectivity index (χ2n) is 6.59. The SMILES string of the molecule is CCc1ccc(N2CCC(O)([C@H]3CCCN3C)CC2)cn1. The summed E-state index contributed by atoms with van der Waals surface area (Å²) in [5, 5.41) is 11.0. The van der Waals surface area contributed by atoms with Crippen molar-refractivity contribution in [2.45, 2.75) is 50.7 Å². The Labute approximate surface area is 127 Å². The molecule has 2 saturated heterocycles. The van der Waals surface area contributed by atoms with Gasteiger partial charge in [-0.05, 0) is 57.8 Å². The maximum atomic E-state index is 11.0. The summed E-state index contributed by atoms with van der Waals surface area (Å²) < 4.78 is 0. The number of aliphatic hydroxyl groups is 1. The van der Waals surface area contributed by atoms with Gasteiger partial charge < -0.3 is 14.9 Å². The number of anilines is 1. The highest BCUT2D eigenvalue weighted by atomic mass is 16.3. The van der Waals surface area contributed by atoms with Crippen LogP contribution in [0.25, 0.3) is 0 Å². The van der Waals surface area contributed by atoms with Crippen LogP contribution in [0, 0.1) is 0 Å². The van der Waals surface area contributed by atoms with Gasteiger partial charge in [0.1, 0.15) is 0 Å². The zero-order valence-electron chi connectivity index (χ0n) is 13.3. The molecule has 3 heterocycles. The molecule has 3 rings (SSSR count). The molecule has 116 valence electrons. The van der Waals surface area contributed by atoms with Crippen LogP contribution in [0.4, 0.5) is 5.69 Å². The van der Waals surface area contributed by atoms with Gasteiger partial charge in [0.05, 0.1) is 17.5 Å². The normalized spacial score (nSPS) is 26.2. The Morgan fingerprint density at radius 2 is 2.05 bits per heavy atom. The number of likely N-dealkylation sites (tertiary alicyclic amines) is 1. The molecular weight excluding hydrogens is 262 g/mol. The molecule has 0 bridgehead atoms. The van der Waals surface area contributed by atoms with E-state index in [-0.39, 0.29) is 0 Å². The van der Waals surface area contributed by atoms with Crippen LogP contribution in [-0.4, -0.2) is 53.3 Å². The minimum absolute atomic E-state index is 0.347. The van der Waals surface area contributed by atoms with Gasteiger partial charge >= 0.3 is 0 Å². The smallest absolute Gasteiger partial charge is 0.0835 e. The fraction of sp³-hybridized carbons (Fsp3) is 0.706. The molecule has 1 N–H and O–H groups in total. The van der Waals surface area contributed by atoms with Crippen LogP contribution in [0.3, 0.4) is 0 Å². The van der Waals surface area contributed by atoms with E-state index in [1.807, 2.05) is 6.20 Å². The number of nitrogens with zero attached hydrogens (tertiary/aromatic N) is 3. The van der Waals surface area contributed by atoms with E-state index in [2.05, 4.69) is 40.9 Å². The third kappa shape index (κ3) is 2.92. The van der Waals surface area contributed by atoms with Crippen LogP contribution >= 0.6 is 0 Å². The van der Waals surface area contributed by atoms with E-state index in [1.165, 1.54) is 12.1 Å². The van der Waals surface area contributed by atoms with Crippen molar-refractivity contribution in [2.75, 3.05) is 31.6 Å². The van der Waals surface area contributed by atoms with Gasteiger partial charge in [0.25, 0.3) is 0 Å². The summed E-state index contributed by atoms with van der Waals surface area (Å²) in [5.74, 6) is 0. The van der Waals surface area contributed by atoms with Crippen LogP contribution in [-0.2, 0) is 6.42 Å². The average molecular weight is 289 g/mol. The first-order chi connectivity index (χ1) is 10.1. The van der Waals surface area contributed by atoms with Gasteiger partial charge in [0.15, 0.2) is 0 Å². The van der Waals surface area contributed by atoms with Gasteiger partial charge in [-0.1, -0.05) is 6.92 Å². The molecular formula is C17H27N3O. The van der Waals surface area contributed by atoms with Crippen LogP contribution in [0.5, 0.6) is 0 Å². The van der Waals surface area contributed by atoms with Crippen molar-refractivity contribution in [3.8, 4) is 0 Å². The van der Waals surface area contributed by atoms with Gasteiger partial charge in [-0.25, -0.2) is 0 Å². The summed E-state index contributed by atoms with van der Waals surface area (Å²) in [6, 6.07) is 4.62. The molecule has 0 radical (unpaired) electrons. The number of likely N-dealkylation sites (N-methyl/N-ethyl adjacent to an activating group) is 1. The van der Waals surface area contributed by atoms with Crippen molar-refractivity contribution in [3.05, 3.63) is 24.0 Å². The number of hydrogen-bond donors (Lipinski definition) is 1. The van der Waals surface area contributed by atoms with E-state index in [0.29, 0.717) is 6.04 Å². The number of hydrogen-bond acceptors (Lipinski definition) is 4.